The van der Waals surface area contributed by atoms with Gasteiger partial charge in [0.2, 0.25) is 0 Å². The van der Waals surface area contributed by atoms with Gasteiger partial charge in [0.15, 0.2) is 0 Å². The van der Waals surface area contributed by atoms with Crippen LogP contribution in [-0.4, -0.2) is 62.0 Å². The normalized spacial score (nSPS) is 22.2. The summed E-state index contributed by atoms with van der Waals surface area (Å²) in [5.74, 6) is -0.519. The number of fused-ring (bicyclic) bond motifs is 1. The molecule has 2 aromatic rings. The van der Waals surface area contributed by atoms with E-state index < -0.39 is 17.7 Å². The summed E-state index contributed by atoms with van der Waals surface area (Å²) in [5.41, 5.74) is 3.39. The molecule has 0 radical (unpaired) electrons. The van der Waals surface area contributed by atoms with E-state index in [1.54, 1.807) is 11.0 Å². The third kappa shape index (κ3) is 4.13. The summed E-state index contributed by atoms with van der Waals surface area (Å²) < 4.78 is 5.74. The van der Waals surface area contributed by atoms with E-state index in [9.17, 15) is 14.7 Å². The number of rotatable bonds is 4. The zero-order valence-corrected chi connectivity index (χ0v) is 20.7. The molecule has 5 rings (SSSR count). The second-order valence-electron chi connectivity index (χ2n) is 9.94. The number of nitrogens with zero attached hydrogens (tertiary/aromatic N) is 3. The van der Waals surface area contributed by atoms with Crippen molar-refractivity contribution in [3.05, 3.63) is 59.2 Å². The topological polar surface area (TPSA) is 73.3 Å². The summed E-state index contributed by atoms with van der Waals surface area (Å²) in [5, 5.41) is 11.5. The van der Waals surface area contributed by atoms with Gasteiger partial charge in [-0.15, -0.1) is 0 Å². The first kappa shape index (κ1) is 23.3. The molecule has 0 bridgehead atoms. The van der Waals surface area contributed by atoms with Gasteiger partial charge in [0.1, 0.15) is 18.1 Å². The quantitative estimate of drug-likeness (QED) is 0.403. The van der Waals surface area contributed by atoms with Crippen LogP contribution in [-0.2, 0) is 9.59 Å². The van der Waals surface area contributed by atoms with Crippen LogP contribution in [0.5, 0.6) is 5.75 Å². The molecule has 3 aliphatic rings. The molecule has 2 heterocycles. The first-order valence-electron chi connectivity index (χ1n) is 12.4. The number of aliphatic hydroxyl groups excluding tert-OH is 1. The Morgan fingerprint density at radius 1 is 1.03 bits per heavy atom. The fourth-order valence-corrected chi connectivity index (χ4v) is 5.52. The maximum atomic E-state index is 13.4. The molecular weight excluding hydrogens is 442 g/mol. The Labute approximate surface area is 206 Å². The lowest BCUT2D eigenvalue weighted by atomic mass is 9.90. The van der Waals surface area contributed by atoms with Crippen LogP contribution in [0.25, 0.3) is 5.76 Å². The van der Waals surface area contributed by atoms with Gasteiger partial charge in [0.05, 0.1) is 23.8 Å². The van der Waals surface area contributed by atoms with Gasteiger partial charge >= 0.3 is 0 Å². The second kappa shape index (κ2) is 9.29. The van der Waals surface area contributed by atoms with E-state index in [2.05, 4.69) is 4.90 Å². The highest BCUT2D eigenvalue weighted by Gasteiger charge is 2.48. The van der Waals surface area contributed by atoms with Gasteiger partial charge in [-0.05, 0) is 48.7 Å². The minimum Gasteiger partial charge on any atom is -0.507 e. The predicted octanol–water partition coefficient (Wildman–Crippen LogP) is 4.34. The molecule has 0 spiro atoms. The van der Waals surface area contributed by atoms with Crippen LogP contribution in [0, 0.1) is 0 Å². The first-order chi connectivity index (χ1) is 16.9. The smallest absolute Gasteiger partial charge is 0.295 e. The van der Waals surface area contributed by atoms with Gasteiger partial charge in [-0.25, -0.2) is 0 Å². The SMILES string of the molecule is CN(C)c1ccc(C2/C(=C(/O)c3ccc4c(c3)N(C)CCO4)C(=O)C(=O)N2C2CCCCC2)cc1. The van der Waals surface area contributed by atoms with E-state index in [1.165, 1.54) is 0 Å². The molecule has 1 N–H and O–H groups in total. The van der Waals surface area contributed by atoms with Gasteiger partial charge in [-0.3, -0.25) is 9.59 Å². The number of ketones is 1. The lowest BCUT2D eigenvalue weighted by molar-refractivity contribution is -0.141. The second-order valence-corrected chi connectivity index (χ2v) is 9.94. The molecule has 2 fully saturated rings. The summed E-state index contributed by atoms with van der Waals surface area (Å²) in [4.78, 5) is 32.6. The zero-order chi connectivity index (χ0) is 24.7. The molecule has 1 unspecified atom stereocenters. The molecule has 0 aromatic heterocycles. The average molecular weight is 476 g/mol. The van der Waals surface area contributed by atoms with E-state index >= 15 is 0 Å². The number of Topliss-reactive ketones (excluding diaryl/α,β-unsaturated/α-hetero) is 1. The van der Waals surface area contributed by atoms with Crippen molar-refractivity contribution >= 4 is 28.8 Å². The summed E-state index contributed by atoms with van der Waals surface area (Å²) >= 11 is 0. The maximum absolute atomic E-state index is 13.4. The third-order valence-electron chi connectivity index (χ3n) is 7.50. The number of likely N-dealkylation sites (N-methyl/N-ethyl adjacent to an activating group) is 1. The number of hydrogen-bond donors (Lipinski definition) is 1. The molecule has 35 heavy (non-hydrogen) atoms. The summed E-state index contributed by atoms with van der Waals surface area (Å²) in [7, 11) is 5.92. The van der Waals surface area contributed by atoms with Crippen LogP contribution in [0.3, 0.4) is 0 Å². The minimum absolute atomic E-state index is 0.00732. The number of carbonyl (C=O) groups excluding carboxylic acids is 2. The molecule has 2 aromatic carbocycles. The molecule has 1 atom stereocenters. The Kier molecular flexibility index (Phi) is 6.17. The molecule has 1 saturated heterocycles. The van der Waals surface area contributed by atoms with Gasteiger partial charge in [-0.2, -0.15) is 0 Å². The number of carbonyl (C=O) groups is 2. The van der Waals surface area contributed by atoms with Crippen molar-refractivity contribution < 1.29 is 19.4 Å². The van der Waals surface area contributed by atoms with E-state index in [-0.39, 0.29) is 17.4 Å². The van der Waals surface area contributed by atoms with E-state index in [0.717, 1.165) is 61.3 Å². The fourth-order valence-electron chi connectivity index (χ4n) is 5.52. The predicted molar refractivity (Wildman–Crippen MR) is 137 cm³/mol. The summed E-state index contributed by atoms with van der Waals surface area (Å²) in [6, 6.07) is 12.7. The maximum Gasteiger partial charge on any atom is 0.295 e. The van der Waals surface area contributed by atoms with Gasteiger partial charge < -0.3 is 24.5 Å². The molecule has 1 saturated carbocycles. The van der Waals surface area contributed by atoms with Gasteiger partial charge in [0, 0.05) is 38.4 Å². The van der Waals surface area contributed by atoms with Crippen molar-refractivity contribution in [3.63, 3.8) is 0 Å². The third-order valence-corrected chi connectivity index (χ3v) is 7.50. The van der Waals surface area contributed by atoms with Crippen molar-refractivity contribution in [2.75, 3.05) is 44.1 Å². The monoisotopic (exact) mass is 475 g/mol. The number of likely N-dealkylation sites (tertiary alicyclic amines) is 1. The highest BCUT2D eigenvalue weighted by Crippen LogP contribution is 2.44. The van der Waals surface area contributed by atoms with E-state index in [0.29, 0.717) is 12.2 Å². The molecule has 2 aliphatic heterocycles. The van der Waals surface area contributed by atoms with E-state index in [1.807, 2.05) is 62.4 Å². The molecule has 7 heteroatoms. The molecule has 184 valence electrons. The van der Waals surface area contributed by atoms with Gasteiger partial charge in [-0.1, -0.05) is 31.4 Å². The van der Waals surface area contributed by atoms with Crippen LogP contribution in [0.1, 0.15) is 49.3 Å². The lowest BCUT2D eigenvalue weighted by Crippen LogP contribution is -2.40. The largest absolute Gasteiger partial charge is 0.507 e. The van der Waals surface area contributed by atoms with Crippen LogP contribution in [0.2, 0.25) is 0 Å². The van der Waals surface area contributed by atoms with Crippen LogP contribution >= 0.6 is 0 Å². The number of benzene rings is 2. The molecule has 1 amide bonds. The highest BCUT2D eigenvalue weighted by atomic mass is 16.5. The number of aliphatic hydroxyl groups is 1. The molecular formula is C28H33N3O4. The fraction of sp³-hybridized carbons (Fsp3) is 0.429. The number of ether oxygens (including phenoxy) is 1. The minimum atomic E-state index is -0.614. The average Bonchev–Trinajstić information content (AvgIpc) is 3.14. The van der Waals surface area contributed by atoms with Gasteiger partial charge in [0.25, 0.3) is 11.7 Å². The first-order valence-corrected chi connectivity index (χ1v) is 12.4. The van der Waals surface area contributed by atoms with Crippen LogP contribution in [0.15, 0.2) is 48.0 Å². The summed E-state index contributed by atoms with van der Waals surface area (Å²) in [6.45, 7) is 1.34. The number of anilines is 2. The van der Waals surface area contributed by atoms with Crippen molar-refractivity contribution in [2.24, 2.45) is 0 Å². The Hall–Kier alpha value is -3.48. The van der Waals surface area contributed by atoms with E-state index in [4.69, 9.17) is 4.74 Å². The van der Waals surface area contributed by atoms with Crippen molar-refractivity contribution in [3.8, 4) is 5.75 Å². The Morgan fingerprint density at radius 2 is 1.74 bits per heavy atom. The highest BCUT2D eigenvalue weighted by molar-refractivity contribution is 6.46. The van der Waals surface area contributed by atoms with Crippen molar-refractivity contribution in [1.29, 1.82) is 0 Å². The van der Waals surface area contributed by atoms with Crippen LogP contribution < -0.4 is 14.5 Å². The Morgan fingerprint density at radius 3 is 2.43 bits per heavy atom. The Bertz CT molecular complexity index is 1170. The Balaban J connectivity index is 1.63. The van der Waals surface area contributed by atoms with Crippen molar-refractivity contribution in [2.45, 2.75) is 44.2 Å². The number of amides is 1. The van der Waals surface area contributed by atoms with Crippen molar-refractivity contribution in [1.82, 2.24) is 4.90 Å². The zero-order valence-electron chi connectivity index (χ0n) is 20.7. The standard InChI is InChI=1S/C28H33N3O4/c1-29(2)20-12-9-18(10-13-20)25-24(27(33)28(34)31(25)21-7-5-4-6-8-21)26(32)19-11-14-23-22(17-19)30(3)15-16-35-23/h9-14,17,21,25,32H,4-8,15-16H2,1-3H3/b26-24-. The van der Waals surface area contributed by atoms with Crippen LogP contribution in [0.4, 0.5) is 11.4 Å². The number of hydrogen-bond acceptors (Lipinski definition) is 6. The lowest BCUT2D eigenvalue weighted by Gasteiger charge is -2.35. The molecule has 7 nitrogen and oxygen atoms in total. The summed E-state index contributed by atoms with van der Waals surface area (Å²) in [6.07, 6.45) is 4.97. The molecule has 1 aliphatic carbocycles.